The average Bonchev–Trinajstić information content (AvgIpc) is 2.58. The summed E-state index contributed by atoms with van der Waals surface area (Å²) in [7, 11) is 0. The molecule has 0 bridgehead atoms. The highest BCUT2D eigenvalue weighted by molar-refractivity contribution is 5.99. The second kappa shape index (κ2) is 8.13. The summed E-state index contributed by atoms with van der Waals surface area (Å²) in [6.07, 6.45) is 0. The summed E-state index contributed by atoms with van der Waals surface area (Å²) in [5.41, 5.74) is 1.85. The van der Waals surface area contributed by atoms with E-state index in [4.69, 9.17) is 4.74 Å². The monoisotopic (exact) mass is 311 g/mol. The minimum Gasteiger partial charge on any atom is -0.462 e. The van der Waals surface area contributed by atoms with Crippen molar-refractivity contribution in [3.8, 4) is 0 Å². The fourth-order valence-electron chi connectivity index (χ4n) is 1.99. The van der Waals surface area contributed by atoms with Crippen LogP contribution in [-0.4, -0.2) is 24.9 Å². The van der Waals surface area contributed by atoms with Crippen molar-refractivity contribution in [3.05, 3.63) is 65.7 Å². The standard InChI is InChI=1S/C19H21NO3/c1-14(2)13-23-19(22)16-9-6-10-17(11-16)20-12-18(21)15-7-4-3-5-8-15/h3-11,14,20H,12-13H2,1-2H3. The first kappa shape index (κ1) is 16.7. The van der Waals surface area contributed by atoms with Crippen LogP contribution >= 0.6 is 0 Å². The van der Waals surface area contributed by atoms with Crippen LogP contribution in [0.15, 0.2) is 54.6 Å². The molecule has 1 N–H and O–H groups in total. The van der Waals surface area contributed by atoms with Crippen LogP contribution in [0.3, 0.4) is 0 Å². The van der Waals surface area contributed by atoms with Crippen LogP contribution in [0.4, 0.5) is 5.69 Å². The lowest BCUT2D eigenvalue weighted by molar-refractivity contribution is 0.0459. The number of carbonyl (C=O) groups excluding carboxylic acids is 2. The fourth-order valence-corrected chi connectivity index (χ4v) is 1.99. The molecule has 23 heavy (non-hydrogen) atoms. The zero-order valence-electron chi connectivity index (χ0n) is 13.4. The Kier molecular flexibility index (Phi) is 5.92. The first-order chi connectivity index (χ1) is 11.1. The number of esters is 1. The molecule has 120 valence electrons. The van der Waals surface area contributed by atoms with Gasteiger partial charge in [-0.05, 0) is 24.1 Å². The van der Waals surface area contributed by atoms with Crippen molar-refractivity contribution in [2.24, 2.45) is 5.92 Å². The second-order valence-electron chi connectivity index (χ2n) is 5.72. The number of hydrogen-bond donors (Lipinski definition) is 1. The minimum atomic E-state index is -0.350. The van der Waals surface area contributed by atoms with Gasteiger partial charge in [-0.15, -0.1) is 0 Å². The van der Waals surface area contributed by atoms with Crippen molar-refractivity contribution >= 4 is 17.4 Å². The maximum absolute atomic E-state index is 12.1. The highest BCUT2D eigenvalue weighted by atomic mass is 16.5. The third-order valence-electron chi connectivity index (χ3n) is 3.19. The Morgan fingerprint density at radius 2 is 1.70 bits per heavy atom. The summed E-state index contributed by atoms with van der Waals surface area (Å²) < 4.78 is 5.21. The summed E-state index contributed by atoms with van der Waals surface area (Å²) in [5.74, 6) is -0.0566. The number of anilines is 1. The van der Waals surface area contributed by atoms with Crippen LogP contribution < -0.4 is 5.32 Å². The van der Waals surface area contributed by atoms with E-state index in [0.717, 1.165) is 0 Å². The molecule has 0 spiro atoms. The topological polar surface area (TPSA) is 55.4 Å². The highest BCUT2D eigenvalue weighted by Crippen LogP contribution is 2.12. The summed E-state index contributed by atoms with van der Waals surface area (Å²) in [4.78, 5) is 24.0. The van der Waals surface area contributed by atoms with E-state index in [1.165, 1.54) is 0 Å². The minimum absolute atomic E-state index is 0.00149. The molecule has 0 radical (unpaired) electrons. The van der Waals surface area contributed by atoms with Crippen LogP contribution in [-0.2, 0) is 4.74 Å². The molecule has 0 fully saturated rings. The number of nitrogens with one attached hydrogen (secondary N) is 1. The molecule has 0 saturated carbocycles. The van der Waals surface area contributed by atoms with Crippen LogP contribution in [0.5, 0.6) is 0 Å². The molecule has 2 aromatic rings. The maximum Gasteiger partial charge on any atom is 0.338 e. The van der Waals surface area contributed by atoms with Gasteiger partial charge in [-0.25, -0.2) is 4.79 Å². The Hall–Kier alpha value is -2.62. The van der Waals surface area contributed by atoms with E-state index >= 15 is 0 Å². The molecule has 0 aliphatic carbocycles. The van der Waals surface area contributed by atoms with Gasteiger partial charge in [-0.2, -0.15) is 0 Å². The van der Waals surface area contributed by atoms with Gasteiger partial charge in [0.1, 0.15) is 0 Å². The summed E-state index contributed by atoms with van der Waals surface area (Å²) in [6.45, 7) is 4.54. The van der Waals surface area contributed by atoms with Gasteiger partial charge < -0.3 is 10.1 Å². The number of hydrogen-bond acceptors (Lipinski definition) is 4. The van der Waals surface area contributed by atoms with Gasteiger partial charge in [0, 0.05) is 11.3 Å². The first-order valence-corrected chi connectivity index (χ1v) is 7.65. The Labute approximate surface area is 136 Å². The Bertz CT molecular complexity index is 665. The predicted octanol–water partition coefficient (Wildman–Crippen LogP) is 3.79. The number of rotatable bonds is 7. The number of carbonyl (C=O) groups is 2. The molecule has 4 heteroatoms. The Morgan fingerprint density at radius 3 is 2.39 bits per heavy atom. The highest BCUT2D eigenvalue weighted by Gasteiger charge is 2.10. The number of ether oxygens (including phenoxy) is 1. The molecule has 0 saturated heterocycles. The zero-order chi connectivity index (χ0) is 16.7. The predicted molar refractivity (Wildman–Crippen MR) is 90.8 cm³/mol. The Balaban J connectivity index is 1.95. The molecular formula is C19H21NO3. The Morgan fingerprint density at radius 1 is 1.00 bits per heavy atom. The molecular weight excluding hydrogens is 290 g/mol. The average molecular weight is 311 g/mol. The van der Waals surface area contributed by atoms with Crippen molar-refractivity contribution in [1.82, 2.24) is 0 Å². The maximum atomic E-state index is 12.1. The van der Waals surface area contributed by atoms with Gasteiger partial charge in [0.2, 0.25) is 0 Å². The molecule has 0 aliphatic rings. The van der Waals surface area contributed by atoms with E-state index in [2.05, 4.69) is 5.32 Å². The number of ketones is 1. The van der Waals surface area contributed by atoms with E-state index in [9.17, 15) is 9.59 Å². The van der Waals surface area contributed by atoms with Crippen LogP contribution in [0.2, 0.25) is 0 Å². The number of Topliss-reactive ketones (excluding diaryl/α,β-unsaturated/α-hetero) is 1. The third-order valence-corrected chi connectivity index (χ3v) is 3.19. The van der Waals surface area contributed by atoms with E-state index in [-0.39, 0.29) is 18.3 Å². The SMILES string of the molecule is CC(C)COC(=O)c1cccc(NCC(=O)c2ccccc2)c1. The molecule has 4 nitrogen and oxygen atoms in total. The summed E-state index contributed by atoms with van der Waals surface area (Å²) in [5, 5.41) is 3.05. The summed E-state index contributed by atoms with van der Waals surface area (Å²) in [6, 6.07) is 16.1. The first-order valence-electron chi connectivity index (χ1n) is 7.65. The van der Waals surface area contributed by atoms with Gasteiger partial charge in [0.05, 0.1) is 18.7 Å². The molecule has 0 atom stereocenters. The lowest BCUT2D eigenvalue weighted by Gasteiger charge is -2.09. The number of benzene rings is 2. The largest absolute Gasteiger partial charge is 0.462 e. The van der Waals surface area contributed by atoms with Gasteiger partial charge in [0.25, 0.3) is 0 Å². The van der Waals surface area contributed by atoms with Crippen molar-refractivity contribution < 1.29 is 14.3 Å². The van der Waals surface area contributed by atoms with Gasteiger partial charge in [-0.3, -0.25) is 4.79 Å². The van der Waals surface area contributed by atoms with Crippen LogP contribution in [0, 0.1) is 5.92 Å². The molecule has 0 amide bonds. The normalized spacial score (nSPS) is 10.4. The molecule has 2 rings (SSSR count). The molecule has 0 unspecified atom stereocenters. The van der Waals surface area contributed by atoms with Gasteiger partial charge >= 0.3 is 5.97 Å². The summed E-state index contributed by atoms with van der Waals surface area (Å²) >= 11 is 0. The lowest BCUT2D eigenvalue weighted by Crippen LogP contribution is -2.14. The molecule has 0 heterocycles. The smallest absolute Gasteiger partial charge is 0.338 e. The van der Waals surface area contributed by atoms with Crippen LogP contribution in [0.25, 0.3) is 0 Å². The molecule has 0 aromatic heterocycles. The van der Waals surface area contributed by atoms with E-state index in [0.29, 0.717) is 29.3 Å². The van der Waals surface area contributed by atoms with E-state index in [1.807, 2.05) is 38.1 Å². The van der Waals surface area contributed by atoms with Gasteiger partial charge in [-0.1, -0.05) is 50.2 Å². The van der Waals surface area contributed by atoms with Crippen molar-refractivity contribution in [3.63, 3.8) is 0 Å². The fraction of sp³-hybridized carbons (Fsp3) is 0.263. The van der Waals surface area contributed by atoms with E-state index in [1.54, 1.807) is 30.3 Å². The van der Waals surface area contributed by atoms with E-state index < -0.39 is 0 Å². The van der Waals surface area contributed by atoms with Crippen molar-refractivity contribution in [2.45, 2.75) is 13.8 Å². The van der Waals surface area contributed by atoms with Gasteiger partial charge in [0.15, 0.2) is 5.78 Å². The van der Waals surface area contributed by atoms with Crippen molar-refractivity contribution in [1.29, 1.82) is 0 Å². The zero-order valence-corrected chi connectivity index (χ0v) is 13.4. The lowest BCUT2D eigenvalue weighted by atomic mass is 10.1. The van der Waals surface area contributed by atoms with Crippen LogP contribution in [0.1, 0.15) is 34.6 Å². The quantitative estimate of drug-likeness (QED) is 0.624. The van der Waals surface area contributed by atoms with Crippen molar-refractivity contribution in [2.75, 3.05) is 18.5 Å². The third kappa shape index (κ3) is 5.25. The molecule has 2 aromatic carbocycles. The molecule has 0 aliphatic heterocycles. The second-order valence-corrected chi connectivity index (χ2v) is 5.72.